The SMILES string of the molecule is CC(C)(C)[C@H](NC(=O)[C@H](CCCN=C(N)N)NC(=O)[C@@H]1CCOc2cccc(c2)OCCC(=O)N2CCC[C@H]2C(=O)N[C@@H](C2CCCCC2)C(=O)N1)C(N)=O. The summed E-state index contributed by atoms with van der Waals surface area (Å²) in [7, 11) is 0. The topological polar surface area (TPSA) is 263 Å². The van der Waals surface area contributed by atoms with E-state index in [2.05, 4.69) is 26.3 Å². The number of ether oxygens (including phenoxy) is 2. The zero-order chi connectivity index (χ0) is 40.1. The molecule has 5 atom stereocenters. The third kappa shape index (κ3) is 12.7. The van der Waals surface area contributed by atoms with Crippen molar-refractivity contribution in [3.63, 3.8) is 0 Å². The standard InChI is InChI=1S/C38H59N9O8/c1-38(2,3)31(32(39)49)46-34(51)26(14-8-18-42-37(40)41)43-33(50)27-16-20-54-24-12-7-13-25(22-24)55-21-17-29(48)47-19-9-15-28(47)35(52)45-30(36(53)44-27)23-10-5-4-6-11-23/h7,12-13,22-23,26-28,30-31H,4-6,8-11,14-21H2,1-3H3,(H2,39,49)(H,43,50)(H,44,53)(H,45,52)(H,46,51)(H4,40,41,42)/t26-,27-,28-,30-,31+/m0/s1. The highest BCUT2D eigenvalue weighted by Crippen LogP contribution is 2.28. The molecule has 17 nitrogen and oxygen atoms in total. The lowest BCUT2D eigenvalue weighted by molar-refractivity contribution is -0.140. The van der Waals surface area contributed by atoms with Crippen LogP contribution < -0.4 is 47.9 Å². The number of rotatable bonds is 10. The number of aliphatic imine (C=N–C) groups is 1. The molecule has 0 aromatic heterocycles. The van der Waals surface area contributed by atoms with Crippen LogP contribution in [0, 0.1) is 11.3 Å². The van der Waals surface area contributed by atoms with Gasteiger partial charge in [0, 0.05) is 25.6 Å². The number of guanidine groups is 1. The molecule has 17 heteroatoms. The average molecular weight is 770 g/mol. The molecule has 0 radical (unpaired) electrons. The van der Waals surface area contributed by atoms with Crippen molar-refractivity contribution in [2.45, 2.75) is 122 Å². The van der Waals surface area contributed by atoms with Crippen molar-refractivity contribution in [2.75, 3.05) is 26.3 Å². The predicted octanol–water partition coefficient (Wildman–Crippen LogP) is 0.334. The molecule has 55 heavy (non-hydrogen) atoms. The summed E-state index contributed by atoms with van der Waals surface area (Å²) >= 11 is 0. The molecule has 1 saturated carbocycles. The molecular weight excluding hydrogens is 710 g/mol. The van der Waals surface area contributed by atoms with Crippen LogP contribution in [0.4, 0.5) is 0 Å². The van der Waals surface area contributed by atoms with Gasteiger partial charge >= 0.3 is 0 Å². The Bertz CT molecular complexity index is 1550. The first-order chi connectivity index (χ1) is 26.1. The van der Waals surface area contributed by atoms with E-state index in [9.17, 15) is 28.8 Å². The fraction of sp³-hybridized carbons (Fsp3) is 0.658. The van der Waals surface area contributed by atoms with Crippen LogP contribution in [0.15, 0.2) is 29.3 Å². The van der Waals surface area contributed by atoms with Crippen LogP contribution in [0.1, 0.15) is 91.4 Å². The Morgan fingerprint density at radius 1 is 0.909 bits per heavy atom. The third-order valence-corrected chi connectivity index (χ3v) is 10.3. The monoisotopic (exact) mass is 769 g/mol. The second kappa shape index (κ2) is 20.0. The molecule has 2 heterocycles. The summed E-state index contributed by atoms with van der Waals surface area (Å²) in [6.45, 7) is 5.91. The highest BCUT2D eigenvalue weighted by molar-refractivity contribution is 5.96. The van der Waals surface area contributed by atoms with Crippen LogP contribution >= 0.6 is 0 Å². The van der Waals surface area contributed by atoms with Gasteiger partial charge in [-0.05, 0) is 62.0 Å². The van der Waals surface area contributed by atoms with Crippen molar-refractivity contribution in [2.24, 2.45) is 33.5 Å². The Balaban J connectivity index is 1.64. The number of nitrogens with two attached hydrogens (primary N) is 3. The number of carbonyl (C=O) groups is 6. The summed E-state index contributed by atoms with van der Waals surface area (Å²) in [6, 6.07) is 1.71. The Morgan fingerprint density at radius 2 is 1.60 bits per heavy atom. The predicted molar refractivity (Wildman–Crippen MR) is 204 cm³/mol. The molecule has 1 saturated heterocycles. The molecular formula is C38H59N9O8. The van der Waals surface area contributed by atoms with Crippen LogP contribution in [0.2, 0.25) is 0 Å². The van der Waals surface area contributed by atoms with Crippen molar-refractivity contribution in [3.8, 4) is 11.5 Å². The summed E-state index contributed by atoms with van der Waals surface area (Å²) < 4.78 is 11.8. The summed E-state index contributed by atoms with van der Waals surface area (Å²) in [5.41, 5.74) is 15.9. The lowest BCUT2D eigenvalue weighted by Crippen LogP contribution is -2.61. The van der Waals surface area contributed by atoms with Gasteiger partial charge in [-0.1, -0.05) is 46.1 Å². The average Bonchev–Trinajstić information content (AvgIpc) is 3.63. The molecule has 1 aromatic rings. The Morgan fingerprint density at radius 3 is 2.25 bits per heavy atom. The van der Waals surface area contributed by atoms with E-state index in [-0.39, 0.29) is 56.8 Å². The molecule has 1 aromatic carbocycles. The zero-order valence-corrected chi connectivity index (χ0v) is 32.3. The molecule has 2 bridgehead atoms. The van der Waals surface area contributed by atoms with E-state index >= 15 is 0 Å². The van der Waals surface area contributed by atoms with E-state index in [1.165, 1.54) is 0 Å². The molecule has 2 aliphatic heterocycles. The zero-order valence-electron chi connectivity index (χ0n) is 32.3. The van der Waals surface area contributed by atoms with Gasteiger partial charge in [0.2, 0.25) is 35.4 Å². The van der Waals surface area contributed by atoms with Gasteiger partial charge in [0.25, 0.3) is 0 Å². The van der Waals surface area contributed by atoms with Crippen LogP contribution in [-0.2, 0) is 28.8 Å². The Hall–Kier alpha value is -5.09. The van der Waals surface area contributed by atoms with E-state index < -0.39 is 65.2 Å². The molecule has 2 fully saturated rings. The lowest BCUT2D eigenvalue weighted by atomic mass is 9.83. The molecule has 1 aliphatic carbocycles. The van der Waals surface area contributed by atoms with Gasteiger partial charge < -0.3 is 52.8 Å². The van der Waals surface area contributed by atoms with Gasteiger partial charge in [0.15, 0.2) is 5.96 Å². The van der Waals surface area contributed by atoms with Crippen LogP contribution in [0.5, 0.6) is 11.5 Å². The molecule has 3 aliphatic rings. The summed E-state index contributed by atoms with van der Waals surface area (Å²) in [4.78, 5) is 87.1. The smallest absolute Gasteiger partial charge is 0.243 e. The van der Waals surface area contributed by atoms with E-state index in [0.29, 0.717) is 50.1 Å². The molecule has 0 spiro atoms. The lowest BCUT2D eigenvalue weighted by Gasteiger charge is -2.33. The second-order valence-corrected chi connectivity index (χ2v) is 15.6. The van der Waals surface area contributed by atoms with Crippen molar-refractivity contribution < 1.29 is 38.2 Å². The number of hydrogen-bond acceptors (Lipinski definition) is 9. The maximum Gasteiger partial charge on any atom is 0.243 e. The molecule has 4 rings (SSSR count). The fourth-order valence-electron chi connectivity index (χ4n) is 7.33. The van der Waals surface area contributed by atoms with Gasteiger partial charge in [-0.25, -0.2) is 0 Å². The summed E-state index contributed by atoms with van der Waals surface area (Å²) in [6.07, 6.45) is 5.72. The van der Waals surface area contributed by atoms with E-state index in [4.69, 9.17) is 26.7 Å². The minimum Gasteiger partial charge on any atom is -0.493 e. The highest BCUT2D eigenvalue weighted by atomic mass is 16.5. The van der Waals surface area contributed by atoms with E-state index in [1.54, 1.807) is 49.9 Å². The number of amides is 6. The Labute approximate surface area is 322 Å². The normalized spacial score (nSPS) is 22.9. The van der Waals surface area contributed by atoms with Gasteiger partial charge in [-0.15, -0.1) is 0 Å². The fourth-order valence-corrected chi connectivity index (χ4v) is 7.33. The van der Waals surface area contributed by atoms with Crippen LogP contribution in [0.3, 0.4) is 0 Å². The van der Waals surface area contributed by atoms with E-state index in [1.807, 2.05) is 0 Å². The Kier molecular flexibility index (Phi) is 15.5. The number of primary amides is 1. The third-order valence-electron chi connectivity index (χ3n) is 10.3. The summed E-state index contributed by atoms with van der Waals surface area (Å²) in [5, 5.41) is 11.3. The number of benzene rings is 1. The van der Waals surface area contributed by atoms with Crippen molar-refractivity contribution in [1.82, 2.24) is 26.2 Å². The molecule has 10 N–H and O–H groups in total. The molecule has 6 amide bonds. The first kappa shape index (κ1) is 42.6. The van der Waals surface area contributed by atoms with Crippen LogP contribution in [0.25, 0.3) is 0 Å². The minimum absolute atomic E-state index is 0.00681. The first-order valence-electron chi connectivity index (χ1n) is 19.4. The number of nitrogens with zero attached hydrogens (tertiary/aromatic N) is 2. The molecule has 0 unspecified atom stereocenters. The quantitative estimate of drug-likeness (QED) is 0.0975. The van der Waals surface area contributed by atoms with Gasteiger partial charge in [0.05, 0.1) is 19.6 Å². The van der Waals surface area contributed by atoms with Crippen molar-refractivity contribution >= 4 is 41.4 Å². The van der Waals surface area contributed by atoms with Crippen LogP contribution in [-0.4, -0.2) is 103 Å². The number of nitrogens with one attached hydrogen (secondary N) is 4. The van der Waals surface area contributed by atoms with Gasteiger partial charge in [0.1, 0.15) is 41.7 Å². The molecule has 304 valence electrons. The van der Waals surface area contributed by atoms with E-state index in [0.717, 1.165) is 19.3 Å². The largest absolute Gasteiger partial charge is 0.493 e. The highest BCUT2D eigenvalue weighted by Gasteiger charge is 2.40. The van der Waals surface area contributed by atoms with Crippen molar-refractivity contribution in [1.29, 1.82) is 0 Å². The first-order valence-corrected chi connectivity index (χ1v) is 19.4. The number of carbonyl (C=O) groups excluding carboxylic acids is 6. The number of fused-ring (bicyclic) bond motifs is 3. The van der Waals surface area contributed by atoms with Gasteiger partial charge in [-0.3, -0.25) is 33.8 Å². The second-order valence-electron chi connectivity index (χ2n) is 15.6. The van der Waals surface area contributed by atoms with Gasteiger partial charge in [-0.2, -0.15) is 0 Å². The maximum absolute atomic E-state index is 14.3. The summed E-state index contributed by atoms with van der Waals surface area (Å²) in [5.74, 6) is -2.68. The van der Waals surface area contributed by atoms with Crippen molar-refractivity contribution in [3.05, 3.63) is 24.3 Å². The maximum atomic E-state index is 14.3. The minimum atomic E-state index is -1.21. The number of hydrogen-bond donors (Lipinski definition) is 7.